The minimum atomic E-state index is -0.748. The quantitative estimate of drug-likeness (QED) is 0.736. The molecule has 0 bridgehead atoms. The SMILES string of the molecule is N#Cc1cc(F)c(NCCCCCCO)c(F)c1. The van der Waals surface area contributed by atoms with Gasteiger partial charge >= 0.3 is 0 Å². The van der Waals surface area contributed by atoms with E-state index in [2.05, 4.69) is 5.32 Å². The Labute approximate surface area is 105 Å². The molecular weight excluding hydrogens is 238 g/mol. The molecule has 0 aliphatic rings. The molecule has 1 aromatic rings. The number of hydrogen-bond donors (Lipinski definition) is 2. The molecule has 0 aromatic heterocycles. The summed E-state index contributed by atoms with van der Waals surface area (Å²) in [4.78, 5) is 0. The van der Waals surface area contributed by atoms with Crippen LogP contribution in [0.25, 0.3) is 0 Å². The van der Waals surface area contributed by atoms with Gasteiger partial charge in [0.25, 0.3) is 0 Å². The van der Waals surface area contributed by atoms with Crippen molar-refractivity contribution in [3.63, 3.8) is 0 Å². The van der Waals surface area contributed by atoms with Gasteiger partial charge in [-0.25, -0.2) is 8.78 Å². The maximum absolute atomic E-state index is 13.4. The van der Waals surface area contributed by atoms with Crippen LogP contribution in [-0.4, -0.2) is 18.3 Å². The lowest BCUT2D eigenvalue weighted by Crippen LogP contribution is -2.06. The number of hydrogen-bond acceptors (Lipinski definition) is 3. The molecule has 2 N–H and O–H groups in total. The van der Waals surface area contributed by atoms with Gasteiger partial charge in [-0.15, -0.1) is 0 Å². The average molecular weight is 254 g/mol. The summed E-state index contributed by atoms with van der Waals surface area (Å²) in [6.07, 6.45) is 3.32. The second kappa shape index (κ2) is 7.62. The summed E-state index contributed by atoms with van der Waals surface area (Å²) in [6, 6.07) is 3.72. The lowest BCUT2D eigenvalue weighted by atomic mass is 10.2. The molecular formula is C13H16F2N2O. The normalized spacial score (nSPS) is 10.1. The summed E-state index contributed by atoms with van der Waals surface area (Å²) in [5.41, 5.74) is -0.213. The molecule has 0 atom stereocenters. The van der Waals surface area contributed by atoms with Gasteiger partial charge in [0.2, 0.25) is 0 Å². The monoisotopic (exact) mass is 254 g/mol. The zero-order chi connectivity index (χ0) is 13.4. The second-order valence-electron chi connectivity index (χ2n) is 3.99. The Hall–Kier alpha value is -1.67. The summed E-state index contributed by atoms with van der Waals surface area (Å²) >= 11 is 0. The van der Waals surface area contributed by atoms with Crippen molar-refractivity contribution in [3.05, 3.63) is 29.3 Å². The van der Waals surface area contributed by atoms with Crippen molar-refractivity contribution in [2.24, 2.45) is 0 Å². The Morgan fingerprint density at radius 3 is 2.28 bits per heavy atom. The summed E-state index contributed by atoms with van der Waals surface area (Å²) in [5, 5.41) is 19.8. The predicted octanol–water partition coefficient (Wildman–Crippen LogP) is 2.80. The summed E-state index contributed by atoms with van der Waals surface area (Å²) < 4.78 is 26.9. The van der Waals surface area contributed by atoms with E-state index in [4.69, 9.17) is 10.4 Å². The molecule has 0 spiro atoms. The fourth-order valence-corrected chi connectivity index (χ4v) is 1.61. The average Bonchev–Trinajstić information content (AvgIpc) is 2.35. The zero-order valence-corrected chi connectivity index (χ0v) is 10.0. The molecule has 0 saturated carbocycles. The van der Waals surface area contributed by atoms with Crippen LogP contribution in [0, 0.1) is 23.0 Å². The molecule has 1 rings (SSSR count). The van der Waals surface area contributed by atoms with Gasteiger partial charge in [0, 0.05) is 13.2 Å². The van der Waals surface area contributed by atoms with Crippen LogP contribution in [0.2, 0.25) is 0 Å². The largest absolute Gasteiger partial charge is 0.396 e. The summed E-state index contributed by atoms with van der Waals surface area (Å²) in [5.74, 6) is -1.50. The molecule has 18 heavy (non-hydrogen) atoms. The Kier molecular flexibility index (Phi) is 6.09. The Bertz CT molecular complexity index is 406. The molecule has 0 unspecified atom stereocenters. The molecule has 5 heteroatoms. The van der Waals surface area contributed by atoms with Crippen molar-refractivity contribution in [3.8, 4) is 6.07 Å². The smallest absolute Gasteiger partial charge is 0.150 e. The molecule has 0 aliphatic heterocycles. The molecule has 1 aromatic carbocycles. The summed E-state index contributed by atoms with van der Waals surface area (Å²) in [6.45, 7) is 0.636. The van der Waals surface area contributed by atoms with Gasteiger partial charge in [-0.2, -0.15) is 5.26 Å². The van der Waals surface area contributed by atoms with Crippen molar-refractivity contribution in [1.29, 1.82) is 5.26 Å². The van der Waals surface area contributed by atoms with E-state index in [1.54, 1.807) is 6.07 Å². The first-order valence-electron chi connectivity index (χ1n) is 5.93. The van der Waals surface area contributed by atoms with Crippen molar-refractivity contribution < 1.29 is 13.9 Å². The number of nitriles is 1. The van der Waals surface area contributed by atoms with E-state index in [9.17, 15) is 8.78 Å². The highest BCUT2D eigenvalue weighted by atomic mass is 19.1. The highest BCUT2D eigenvalue weighted by Gasteiger charge is 2.10. The highest BCUT2D eigenvalue weighted by molar-refractivity contribution is 5.50. The molecule has 98 valence electrons. The van der Waals surface area contributed by atoms with Gasteiger partial charge in [-0.3, -0.25) is 0 Å². The topological polar surface area (TPSA) is 56.0 Å². The van der Waals surface area contributed by atoms with Gasteiger partial charge in [-0.1, -0.05) is 12.8 Å². The van der Waals surface area contributed by atoms with Crippen LogP contribution >= 0.6 is 0 Å². The number of benzene rings is 1. The fraction of sp³-hybridized carbons (Fsp3) is 0.462. The van der Waals surface area contributed by atoms with E-state index in [1.165, 1.54) is 0 Å². The number of halogens is 2. The van der Waals surface area contributed by atoms with Crippen LogP contribution in [-0.2, 0) is 0 Å². The van der Waals surface area contributed by atoms with Crippen molar-refractivity contribution in [1.82, 2.24) is 0 Å². The van der Waals surface area contributed by atoms with E-state index >= 15 is 0 Å². The molecule has 0 saturated heterocycles. The van der Waals surface area contributed by atoms with Crippen molar-refractivity contribution >= 4 is 5.69 Å². The van der Waals surface area contributed by atoms with E-state index in [-0.39, 0.29) is 17.9 Å². The molecule has 0 aliphatic carbocycles. The van der Waals surface area contributed by atoms with Crippen molar-refractivity contribution in [2.45, 2.75) is 25.7 Å². The zero-order valence-electron chi connectivity index (χ0n) is 10.0. The fourth-order valence-electron chi connectivity index (χ4n) is 1.61. The van der Waals surface area contributed by atoms with Gasteiger partial charge < -0.3 is 10.4 Å². The predicted molar refractivity (Wildman–Crippen MR) is 65.1 cm³/mol. The highest BCUT2D eigenvalue weighted by Crippen LogP contribution is 2.20. The van der Waals surface area contributed by atoms with Crippen LogP contribution in [0.3, 0.4) is 0 Å². The maximum atomic E-state index is 13.4. The number of nitrogens with one attached hydrogen (secondary N) is 1. The van der Waals surface area contributed by atoms with E-state index in [1.807, 2.05) is 0 Å². The lowest BCUT2D eigenvalue weighted by Gasteiger charge is -2.08. The number of rotatable bonds is 7. The molecule has 3 nitrogen and oxygen atoms in total. The molecule has 0 amide bonds. The third kappa shape index (κ3) is 4.30. The summed E-state index contributed by atoms with van der Waals surface area (Å²) in [7, 11) is 0. The van der Waals surface area contributed by atoms with Gasteiger partial charge in [0.15, 0.2) is 11.6 Å². The maximum Gasteiger partial charge on any atom is 0.150 e. The molecule has 0 radical (unpaired) electrons. The third-order valence-electron chi connectivity index (χ3n) is 2.56. The lowest BCUT2D eigenvalue weighted by molar-refractivity contribution is 0.283. The van der Waals surface area contributed by atoms with E-state index in [0.717, 1.165) is 37.8 Å². The molecule has 0 fully saturated rings. The van der Waals surface area contributed by atoms with E-state index in [0.29, 0.717) is 6.54 Å². The van der Waals surface area contributed by atoms with Crippen LogP contribution in [0.15, 0.2) is 12.1 Å². The Morgan fingerprint density at radius 1 is 1.11 bits per heavy atom. The number of anilines is 1. The molecule has 0 heterocycles. The second-order valence-corrected chi connectivity index (χ2v) is 3.99. The minimum Gasteiger partial charge on any atom is -0.396 e. The van der Waals surface area contributed by atoms with Gasteiger partial charge in [0.05, 0.1) is 11.6 Å². The number of aliphatic hydroxyl groups excluding tert-OH is 1. The standard InChI is InChI=1S/C13H16F2N2O/c14-11-7-10(9-16)8-12(15)13(11)17-5-3-1-2-4-6-18/h7-8,17-18H,1-6H2. The van der Waals surface area contributed by atoms with Crippen LogP contribution < -0.4 is 5.32 Å². The Balaban J connectivity index is 2.45. The van der Waals surface area contributed by atoms with Crippen LogP contribution in [0.4, 0.5) is 14.5 Å². The first kappa shape index (κ1) is 14.4. The Morgan fingerprint density at radius 2 is 1.72 bits per heavy atom. The van der Waals surface area contributed by atoms with Gasteiger partial charge in [-0.05, 0) is 25.0 Å². The van der Waals surface area contributed by atoms with Crippen molar-refractivity contribution in [2.75, 3.05) is 18.5 Å². The first-order valence-corrected chi connectivity index (χ1v) is 5.93. The minimum absolute atomic E-state index is 0.0292. The number of nitrogens with zero attached hydrogens (tertiary/aromatic N) is 1. The number of unbranched alkanes of at least 4 members (excludes halogenated alkanes) is 3. The third-order valence-corrected chi connectivity index (χ3v) is 2.56. The van der Waals surface area contributed by atoms with Gasteiger partial charge in [0.1, 0.15) is 5.69 Å². The van der Waals surface area contributed by atoms with E-state index < -0.39 is 11.6 Å². The van der Waals surface area contributed by atoms with Crippen LogP contribution in [0.5, 0.6) is 0 Å². The van der Waals surface area contributed by atoms with Crippen LogP contribution in [0.1, 0.15) is 31.2 Å². The number of aliphatic hydroxyl groups is 1. The first-order chi connectivity index (χ1) is 8.69.